The average molecular weight is 259 g/mol. The van der Waals surface area contributed by atoms with Gasteiger partial charge in [0.25, 0.3) is 0 Å². The summed E-state index contributed by atoms with van der Waals surface area (Å²) in [7, 11) is 2.24. The maximum absolute atomic E-state index is 5.65. The largest absolute Gasteiger partial charge is 0.325 e. The summed E-state index contributed by atoms with van der Waals surface area (Å²) in [5.74, 6) is 3.01. The summed E-state index contributed by atoms with van der Waals surface area (Å²) in [6, 6.07) is 4.24. The average Bonchev–Trinajstić information content (AvgIpc) is 3.01. The second-order valence-corrected chi connectivity index (χ2v) is 6.49. The molecule has 1 heterocycles. The van der Waals surface area contributed by atoms with Crippen molar-refractivity contribution >= 4 is 0 Å². The van der Waals surface area contributed by atoms with Gasteiger partial charge in [0.05, 0.1) is 5.69 Å². The molecule has 0 spiro atoms. The number of aromatic nitrogens is 1. The summed E-state index contributed by atoms with van der Waals surface area (Å²) in [5, 5.41) is 0. The first-order valence-corrected chi connectivity index (χ1v) is 7.57. The molecule has 3 nitrogen and oxygen atoms in total. The maximum Gasteiger partial charge on any atom is 0.0542 e. The van der Waals surface area contributed by atoms with E-state index in [0.717, 1.165) is 30.0 Å². The molecule has 104 valence electrons. The molecule has 0 saturated heterocycles. The minimum atomic E-state index is 0.532. The van der Waals surface area contributed by atoms with E-state index >= 15 is 0 Å². The predicted molar refractivity (Wildman–Crippen MR) is 77.4 cm³/mol. The molecule has 3 atom stereocenters. The van der Waals surface area contributed by atoms with E-state index in [1.807, 2.05) is 6.20 Å². The van der Waals surface area contributed by atoms with Crippen LogP contribution in [-0.2, 0) is 13.1 Å². The Morgan fingerprint density at radius 3 is 2.95 bits per heavy atom. The van der Waals surface area contributed by atoms with Crippen LogP contribution in [0, 0.1) is 17.8 Å². The SMILES string of the molecule is CN(Cc1ccnc(CN)c1)CC1CC2CCC1C2. The number of hydrogen-bond donors (Lipinski definition) is 1. The van der Waals surface area contributed by atoms with Crippen molar-refractivity contribution in [1.82, 2.24) is 9.88 Å². The highest BCUT2D eigenvalue weighted by molar-refractivity contribution is 5.16. The Bertz CT molecular complexity index is 432. The topological polar surface area (TPSA) is 42.2 Å². The first kappa shape index (κ1) is 13.1. The highest BCUT2D eigenvalue weighted by atomic mass is 15.1. The van der Waals surface area contributed by atoms with Crippen LogP contribution in [0.5, 0.6) is 0 Å². The van der Waals surface area contributed by atoms with Crippen molar-refractivity contribution in [2.75, 3.05) is 13.6 Å². The second-order valence-electron chi connectivity index (χ2n) is 6.49. The molecule has 2 N–H and O–H groups in total. The molecule has 0 aromatic carbocycles. The van der Waals surface area contributed by atoms with E-state index < -0.39 is 0 Å². The highest BCUT2D eigenvalue weighted by Gasteiger charge is 2.39. The van der Waals surface area contributed by atoms with Gasteiger partial charge in [0.1, 0.15) is 0 Å². The third-order valence-corrected chi connectivity index (χ3v) is 4.97. The van der Waals surface area contributed by atoms with E-state index in [4.69, 9.17) is 5.73 Å². The molecule has 1 aromatic rings. The Labute approximate surface area is 116 Å². The molecule has 2 saturated carbocycles. The van der Waals surface area contributed by atoms with Crippen molar-refractivity contribution in [3.05, 3.63) is 29.6 Å². The minimum Gasteiger partial charge on any atom is -0.325 e. The Kier molecular flexibility index (Phi) is 3.85. The zero-order valence-electron chi connectivity index (χ0n) is 11.9. The van der Waals surface area contributed by atoms with Crippen molar-refractivity contribution < 1.29 is 0 Å². The van der Waals surface area contributed by atoms with Crippen molar-refractivity contribution in [3.63, 3.8) is 0 Å². The van der Waals surface area contributed by atoms with Gasteiger partial charge in [-0.2, -0.15) is 0 Å². The molecule has 3 rings (SSSR count). The number of fused-ring (bicyclic) bond motifs is 2. The van der Waals surface area contributed by atoms with Gasteiger partial charge in [0.2, 0.25) is 0 Å². The normalized spacial score (nSPS) is 29.3. The van der Waals surface area contributed by atoms with Gasteiger partial charge in [0, 0.05) is 25.8 Å². The first-order chi connectivity index (χ1) is 9.24. The first-order valence-electron chi connectivity index (χ1n) is 7.57. The standard InChI is InChI=1S/C16H25N3/c1-19(10-13-4-5-18-16(8-13)9-17)11-15-7-12-2-3-14(15)6-12/h4-5,8,12,14-15H,2-3,6-7,9-11,17H2,1H3. The van der Waals surface area contributed by atoms with E-state index in [1.54, 1.807) is 0 Å². The van der Waals surface area contributed by atoms with E-state index in [0.29, 0.717) is 6.54 Å². The van der Waals surface area contributed by atoms with Gasteiger partial charge in [-0.05, 0) is 61.8 Å². The fourth-order valence-corrected chi connectivity index (χ4v) is 4.11. The molecule has 0 radical (unpaired) electrons. The van der Waals surface area contributed by atoms with E-state index in [9.17, 15) is 0 Å². The van der Waals surface area contributed by atoms with Crippen LogP contribution in [0.2, 0.25) is 0 Å². The van der Waals surface area contributed by atoms with Gasteiger partial charge >= 0.3 is 0 Å². The fourth-order valence-electron chi connectivity index (χ4n) is 4.11. The Morgan fingerprint density at radius 2 is 2.26 bits per heavy atom. The summed E-state index contributed by atoms with van der Waals surface area (Å²) in [4.78, 5) is 6.73. The van der Waals surface area contributed by atoms with Crippen LogP contribution in [-0.4, -0.2) is 23.5 Å². The van der Waals surface area contributed by atoms with Crippen molar-refractivity contribution in [2.24, 2.45) is 23.5 Å². The molecule has 2 aliphatic carbocycles. The van der Waals surface area contributed by atoms with E-state index in [1.165, 1.54) is 37.8 Å². The van der Waals surface area contributed by atoms with Crippen LogP contribution in [0.15, 0.2) is 18.3 Å². The molecule has 2 bridgehead atoms. The Balaban J connectivity index is 1.54. The number of rotatable bonds is 5. The quantitative estimate of drug-likeness (QED) is 0.883. The lowest BCUT2D eigenvalue weighted by Crippen LogP contribution is -2.28. The maximum atomic E-state index is 5.65. The molecule has 1 aromatic heterocycles. The summed E-state index contributed by atoms with van der Waals surface area (Å²) >= 11 is 0. The van der Waals surface area contributed by atoms with Gasteiger partial charge in [-0.15, -0.1) is 0 Å². The van der Waals surface area contributed by atoms with Gasteiger partial charge < -0.3 is 10.6 Å². The molecule has 3 heteroatoms. The summed E-state index contributed by atoms with van der Waals surface area (Å²) in [6.45, 7) is 2.80. The van der Waals surface area contributed by atoms with Crippen LogP contribution in [0.4, 0.5) is 0 Å². The summed E-state index contributed by atoms with van der Waals surface area (Å²) in [6.07, 6.45) is 7.83. The van der Waals surface area contributed by atoms with E-state index in [-0.39, 0.29) is 0 Å². The molecule has 2 fully saturated rings. The molecule has 2 aliphatic rings. The lowest BCUT2D eigenvalue weighted by Gasteiger charge is -2.27. The van der Waals surface area contributed by atoms with Crippen LogP contribution < -0.4 is 5.73 Å². The van der Waals surface area contributed by atoms with Crippen molar-refractivity contribution in [2.45, 2.75) is 38.8 Å². The van der Waals surface area contributed by atoms with Crippen LogP contribution in [0.25, 0.3) is 0 Å². The van der Waals surface area contributed by atoms with Crippen molar-refractivity contribution in [1.29, 1.82) is 0 Å². The molecule has 19 heavy (non-hydrogen) atoms. The Morgan fingerprint density at radius 1 is 1.37 bits per heavy atom. The molecule has 3 unspecified atom stereocenters. The van der Waals surface area contributed by atoms with Crippen LogP contribution in [0.3, 0.4) is 0 Å². The zero-order chi connectivity index (χ0) is 13.2. The zero-order valence-corrected chi connectivity index (χ0v) is 11.9. The number of nitrogens with zero attached hydrogens (tertiary/aromatic N) is 2. The smallest absolute Gasteiger partial charge is 0.0542 e. The lowest BCUT2D eigenvalue weighted by atomic mass is 9.88. The van der Waals surface area contributed by atoms with Gasteiger partial charge in [-0.1, -0.05) is 6.42 Å². The fraction of sp³-hybridized carbons (Fsp3) is 0.688. The van der Waals surface area contributed by atoms with Crippen LogP contribution in [0.1, 0.15) is 36.9 Å². The molecular weight excluding hydrogens is 234 g/mol. The molecule has 0 amide bonds. The summed E-state index contributed by atoms with van der Waals surface area (Å²) in [5.41, 5.74) is 7.97. The van der Waals surface area contributed by atoms with Crippen LogP contribution >= 0.6 is 0 Å². The van der Waals surface area contributed by atoms with Gasteiger partial charge in [-0.25, -0.2) is 0 Å². The monoisotopic (exact) mass is 259 g/mol. The summed E-state index contributed by atoms with van der Waals surface area (Å²) < 4.78 is 0. The van der Waals surface area contributed by atoms with Gasteiger partial charge in [0.15, 0.2) is 0 Å². The van der Waals surface area contributed by atoms with E-state index in [2.05, 4.69) is 29.1 Å². The minimum absolute atomic E-state index is 0.532. The third kappa shape index (κ3) is 2.98. The highest BCUT2D eigenvalue weighted by Crippen LogP contribution is 2.48. The third-order valence-electron chi connectivity index (χ3n) is 4.97. The Hall–Kier alpha value is -0.930. The van der Waals surface area contributed by atoms with Gasteiger partial charge in [-0.3, -0.25) is 4.98 Å². The number of hydrogen-bond acceptors (Lipinski definition) is 3. The number of pyridine rings is 1. The predicted octanol–water partition coefficient (Wildman–Crippen LogP) is 2.41. The van der Waals surface area contributed by atoms with Crippen molar-refractivity contribution in [3.8, 4) is 0 Å². The molecular formula is C16H25N3. The number of nitrogens with two attached hydrogens (primary N) is 1. The lowest BCUT2D eigenvalue weighted by molar-refractivity contribution is 0.214. The molecule has 0 aliphatic heterocycles. The second kappa shape index (κ2) is 5.59.